The van der Waals surface area contributed by atoms with Gasteiger partial charge in [0.25, 0.3) is 5.91 Å². The molecule has 2 aromatic carbocycles. The highest BCUT2D eigenvalue weighted by molar-refractivity contribution is 6.01. The molecule has 1 aromatic heterocycles. The van der Waals surface area contributed by atoms with Crippen LogP contribution in [0.5, 0.6) is 11.5 Å². The molecule has 3 rings (SSSR count). The molecule has 3 aromatic rings. The third kappa shape index (κ3) is 5.92. The summed E-state index contributed by atoms with van der Waals surface area (Å²) in [4.78, 5) is 38.6. The monoisotopic (exact) mass is 482 g/mol. The number of ether oxygens (including phenoxy) is 2. The number of fused-ring (bicyclic) bond motifs is 1. The largest absolute Gasteiger partial charge is 0.508 e. The molecule has 2 atom stereocenters. The highest BCUT2D eigenvalue weighted by Gasteiger charge is 2.31. The van der Waals surface area contributed by atoms with Crippen molar-refractivity contribution in [3.63, 3.8) is 0 Å². The number of rotatable bonds is 9. The number of hydrogen-bond acceptors (Lipinski definition) is 7. The molecule has 2 amide bonds. The van der Waals surface area contributed by atoms with E-state index in [4.69, 9.17) is 13.9 Å². The zero-order valence-electron chi connectivity index (χ0n) is 20.4. The quantitative estimate of drug-likeness (QED) is 0.400. The molecular weight excluding hydrogens is 452 g/mol. The van der Waals surface area contributed by atoms with E-state index in [1.54, 1.807) is 58.2 Å². The fourth-order valence-corrected chi connectivity index (χ4v) is 3.76. The van der Waals surface area contributed by atoms with Crippen LogP contribution in [0.2, 0.25) is 0 Å². The summed E-state index contributed by atoms with van der Waals surface area (Å²) in [5.74, 6) is -1.19. The molecule has 0 spiro atoms. The number of methoxy groups -OCH3 is 2. The van der Waals surface area contributed by atoms with E-state index in [0.717, 1.165) is 10.9 Å². The number of aromatic hydroxyl groups is 1. The predicted molar refractivity (Wildman–Crippen MR) is 129 cm³/mol. The molecule has 186 valence electrons. The summed E-state index contributed by atoms with van der Waals surface area (Å²) < 4.78 is 15.8. The van der Waals surface area contributed by atoms with E-state index < -0.39 is 29.9 Å². The van der Waals surface area contributed by atoms with Gasteiger partial charge in [-0.1, -0.05) is 26.0 Å². The van der Waals surface area contributed by atoms with Crippen LogP contribution in [0.15, 0.2) is 46.9 Å². The van der Waals surface area contributed by atoms with Crippen molar-refractivity contribution in [1.82, 2.24) is 10.6 Å². The van der Waals surface area contributed by atoms with Gasteiger partial charge in [-0.25, -0.2) is 4.79 Å². The third-order valence-corrected chi connectivity index (χ3v) is 5.77. The number of phenolic OH excluding ortho intramolecular Hbond substituents is 1. The zero-order chi connectivity index (χ0) is 25.7. The SMILES string of the molecule is COC(=O)[C@H](Cc1ccc(O)cc1)NC(=O)[C@@H](NC(=O)c1oc2cc(OC)ccc2c1C)C(C)C. The number of aryl methyl sites for hydroxylation is 1. The summed E-state index contributed by atoms with van der Waals surface area (Å²) in [6, 6.07) is 9.65. The fraction of sp³-hybridized carbons (Fsp3) is 0.346. The molecule has 0 aliphatic rings. The lowest BCUT2D eigenvalue weighted by Crippen LogP contribution is -2.54. The number of hydrogen-bond donors (Lipinski definition) is 3. The van der Waals surface area contributed by atoms with Crippen molar-refractivity contribution in [1.29, 1.82) is 0 Å². The number of nitrogens with one attached hydrogen (secondary N) is 2. The molecular formula is C26H30N2O7. The van der Waals surface area contributed by atoms with Crippen molar-refractivity contribution in [2.75, 3.05) is 14.2 Å². The molecule has 0 unspecified atom stereocenters. The Kier molecular flexibility index (Phi) is 8.01. The molecule has 0 aliphatic carbocycles. The molecule has 0 fully saturated rings. The van der Waals surface area contributed by atoms with Crippen LogP contribution >= 0.6 is 0 Å². The Morgan fingerprint density at radius 2 is 1.71 bits per heavy atom. The van der Waals surface area contributed by atoms with Gasteiger partial charge in [0.05, 0.1) is 14.2 Å². The normalized spacial score (nSPS) is 12.7. The number of furan rings is 1. The molecule has 0 bridgehead atoms. The standard InChI is InChI=1S/C26H30N2O7/c1-14(2)22(24(30)27-20(26(32)34-5)12-16-6-8-17(29)9-7-16)28-25(31)23-15(3)19-11-10-18(33-4)13-21(19)35-23/h6-11,13-14,20,22,29H,12H2,1-5H3,(H,27,30)(H,28,31)/t20-,22-/m0/s1. The predicted octanol–water partition coefficient (Wildman–Crippen LogP) is 3.11. The van der Waals surface area contributed by atoms with Crippen LogP contribution in [0.1, 0.15) is 35.5 Å². The van der Waals surface area contributed by atoms with E-state index in [0.29, 0.717) is 16.9 Å². The topological polar surface area (TPSA) is 127 Å². The lowest BCUT2D eigenvalue weighted by atomic mass is 10.0. The van der Waals surface area contributed by atoms with Crippen LogP contribution in [0.4, 0.5) is 0 Å². The average molecular weight is 483 g/mol. The van der Waals surface area contributed by atoms with Crippen molar-refractivity contribution in [3.8, 4) is 11.5 Å². The van der Waals surface area contributed by atoms with Crippen LogP contribution in [-0.2, 0) is 20.7 Å². The summed E-state index contributed by atoms with van der Waals surface area (Å²) >= 11 is 0. The van der Waals surface area contributed by atoms with Gasteiger partial charge in [0, 0.05) is 23.4 Å². The Balaban J connectivity index is 1.78. The number of carbonyl (C=O) groups excluding carboxylic acids is 3. The van der Waals surface area contributed by atoms with E-state index in [9.17, 15) is 19.5 Å². The second kappa shape index (κ2) is 10.9. The molecule has 1 heterocycles. The van der Waals surface area contributed by atoms with Crippen LogP contribution in [0, 0.1) is 12.8 Å². The summed E-state index contributed by atoms with van der Waals surface area (Å²) in [6.07, 6.45) is 0.155. The maximum Gasteiger partial charge on any atom is 0.328 e. The molecule has 9 nitrogen and oxygen atoms in total. The van der Waals surface area contributed by atoms with Crippen molar-refractivity contribution in [2.45, 2.75) is 39.3 Å². The Bertz CT molecular complexity index is 1210. The summed E-state index contributed by atoms with van der Waals surface area (Å²) in [5.41, 5.74) is 1.86. The second-order valence-electron chi connectivity index (χ2n) is 8.57. The van der Waals surface area contributed by atoms with Crippen molar-refractivity contribution < 1.29 is 33.4 Å². The van der Waals surface area contributed by atoms with Gasteiger partial charge in [-0.15, -0.1) is 0 Å². The van der Waals surface area contributed by atoms with Crippen molar-refractivity contribution >= 4 is 28.8 Å². The minimum atomic E-state index is -0.976. The number of esters is 1. The first-order valence-electron chi connectivity index (χ1n) is 11.2. The molecule has 3 N–H and O–H groups in total. The van der Waals surface area contributed by atoms with E-state index in [2.05, 4.69) is 10.6 Å². The van der Waals surface area contributed by atoms with Crippen LogP contribution < -0.4 is 15.4 Å². The lowest BCUT2D eigenvalue weighted by Gasteiger charge is -2.24. The maximum absolute atomic E-state index is 13.1. The average Bonchev–Trinajstić information content (AvgIpc) is 3.18. The van der Waals surface area contributed by atoms with E-state index in [1.807, 2.05) is 0 Å². The van der Waals surface area contributed by atoms with Crippen LogP contribution in [-0.4, -0.2) is 49.2 Å². The highest BCUT2D eigenvalue weighted by atomic mass is 16.5. The van der Waals surface area contributed by atoms with E-state index >= 15 is 0 Å². The van der Waals surface area contributed by atoms with Gasteiger partial charge in [-0.3, -0.25) is 9.59 Å². The van der Waals surface area contributed by atoms with Gasteiger partial charge in [0.1, 0.15) is 29.2 Å². The smallest absolute Gasteiger partial charge is 0.328 e. The molecule has 0 saturated carbocycles. The highest BCUT2D eigenvalue weighted by Crippen LogP contribution is 2.28. The van der Waals surface area contributed by atoms with Gasteiger partial charge < -0.3 is 29.6 Å². The first-order valence-corrected chi connectivity index (χ1v) is 11.2. The zero-order valence-corrected chi connectivity index (χ0v) is 20.4. The summed E-state index contributed by atoms with van der Waals surface area (Å²) in [7, 11) is 2.78. The third-order valence-electron chi connectivity index (χ3n) is 5.77. The Hall–Kier alpha value is -4.01. The number of amides is 2. The van der Waals surface area contributed by atoms with Gasteiger partial charge in [0.15, 0.2) is 5.76 Å². The van der Waals surface area contributed by atoms with E-state index in [-0.39, 0.29) is 23.8 Å². The minimum absolute atomic E-state index is 0.0920. The molecule has 0 radical (unpaired) electrons. The summed E-state index contributed by atoms with van der Waals surface area (Å²) in [5, 5.41) is 15.7. The Morgan fingerprint density at radius 1 is 1.03 bits per heavy atom. The molecule has 9 heteroatoms. The minimum Gasteiger partial charge on any atom is -0.508 e. The van der Waals surface area contributed by atoms with E-state index in [1.165, 1.54) is 19.2 Å². The maximum atomic E-state index is 13.1. The van der Waals surface area contributed by atoms with Gasteiger partial charge >= 0.3 is 5.97 Å². The number of carbonyl (C=O) groups is 3. The van der Waals surface area contributed by atoms with Crippen LogP contribution in [0.25, 0.3) is 11.0 Å². The van der Waals surface area contributed by atoms with Gasteiger partial charge in [-0.05, 0) is 42.7 Å². The van der Waals surface area contributed by atoms with Gasteiger partial charge in [0.2, 0.25) is 5.91 Å². The molecule has 0 saturated heterocycles. The van der Waals surface area contributed by atoms with Crippen molar-refractivity contribution in [3.05, 3.63) is 59.4 Å². The number of benzene rings is 2. The number of phenols is 1. The Labute approximate surface area is 203 Å². The molecule has 0 aliphatic heterocycles. The molecule has 35 heavy (non-hydrogen) atoms. The Morgan fingerprint density at radius 3 is 2.31 bits per heavy atom. The fourth-order valence-electron chi connectivity index (χ4n) is 3.76. The lowest BCUT2D eigenvalue weighted by molar-refractivity contribution is -0.145. The first kappa shape index (κ1) is 25.6. The van der Waals surface area contributed by atoms with Gasteiger partial charge in [-0.2, -0.15) is 0 Å². The second-order valence-corrected chi connectivity index (χ2v) is 8.57. The summed E-state index contributed by atoms with van der Waals surface area (Å²) in [6.45, 7) is 5.34. The van der Waals surface area contributed by atoms with Crippen LogP contribution in [0.3, 0.4) is 0 Å². The van der Waals surface area contributed by atoms with Crippen molar-refractivity contribution in [2.24, 2.45) is 5.92 Å². The first-order chi connectivity index (χ1) is 16.6.